The second-order valence-electron chi connectivity index (χ2n) is 8.00. The zero-order valence-electron chi connectivity index (χ0n) is 18.7. The topological polar surface area (TPSA) is 74.3 Å². The molecule has 0 spiro atoms. The smallest absolute Gasteiger partial charge is 0.322 e. The van der Waals surface area contributed by atoms with Crippen LogP contribution in [0.4, 0.5) is 21.9 Å². The Labute approximate surface area is 192 Å². The number of pyridine rings is 1. The maximum Gasteiger partial charge on any atom is 0.326 e. The fourth-order valence-electron chi connectivity index (χ4n) is 3.72. The van der Waals surface area contributed by atoms with Crippen molar-refractivity contribution in [1.82, 2.24) is 4.98 Å². The minimum atomic E-state index is -0.230. The Bertz CT molecular complexity index is 1210. The molecule has 4 rings (SSSR count). The van der Waals surface area contributed by atoms with E-state index in [1.807, 2.05) is 52.0 Å². The summed E-state index contributed by atoms with van der Waals surface area (Å²) in [7, 11) is 0. The van der Waals surface area contributed by atoms with Gasteiger partial charge in [0.2, 0.25) is 0 Å². The van der Waals surface area contributed by atoms with E-state index in [2.05, 4.69) is 15.6 Å². The van der Waals surface area contributed by atoms with Gasteiger partial charge >= 0.3 is 6.03 Å². The summed E-state index contributed by atoms with van der Waals surface area (Å²) < 4.78 is 0. The molecule has 0 atom stereocenters. The third-order valence-electron chi connectivity index (χ3n) is 5.49. The third kappa shape index (κ3) is 4.62. The molecule has 0 saturated carbocycles. The van der Waals surface area contributed by atoms with Crippen LogP contribution in [0.25, 0.3) is 0 Å². The molecule has 7 heteroatoms. The van der Waals surface area contributed by atoms with Crippen LogP contribution in [0, 0.1) is 27.7 Å². The molecular formula is C25H26N4O2S. The Balaban J connectivity index is 1.50. The molecule has 32 heavy (non-hydrogen) atoms. The van der Waals surface area contributed by atoms with Gasteiger partial charge in [0.15, 0.2) is 0 Å². The lowest BCUT2D eigenvalue weighted by Crippen LogP contribution is -2.39. The van der Waals surface area contributed by atoms with Crippen molar-refractivity contribution in [2.75, 3.05) is 27.8 Å². The van der Waals surface area contributed by atoms with Crippen molar-refractivity contribution in [2.45, 2.75) is 32.7 Å². The van der Waals surface area contributed by atoms with Crippen LogP contribution < -0.4 is 15.5 Å². The number of benzene rings is 2. The van der Waals surface area contributed by atoms with Gasteiger partial charge in [-0.2, -0.15) is 0 Å². The van der Waals surface area contributed by atoms with Crippen molar-refractivity contribution < 1.29 is 9.59 Å². The van der Waals surface area contributed by atoms with Gasteiger partial charge in [0.05, 0.1) is 5.69 Å². The fraction of sp³-hybridized carbons (Fsp3) is 0.240. The summed E-state index contributed by atoms with van der Waals surface area (Å²) in [6.07, 6.45) is 0. The molecule has 3 amide bonds. The average molecular weight is 447 g/mol. The maximum atomic E-state index is 13.1. The van der Waals surface area contributed by atoms with Crippen LogP contribution in [-0.2, 0) is 0 Å². The van der Waals surface area contributed by atoms with E-state index in [0.29, 0.717) is 17.8 Å². The Morgan fingerprint density at radius 1 is 0.906 bits per heavy atom. The van der Waals surface area contributed by atoms with Gasteiger partial charge in [0.1, 0.15) is 5.03 Å². The number of anilines is 3. The molecule has 2 N–H and O–H groups in total. The number of aromatic nitrogens is 1. The fourth-order valence-corrected chi connectivity index (χ4v) is 4.81. The number of fused-ring (bicyclic) bond motifs is 1. The summed E-state index contributed by atoms with van der Waals surface area (Å²) in [6, 6.07) is 14.5. The highest BCUT2D eigenvalue weighted by atomic mass is 32.2. The molecule has 3 aromatic rings. The molecule has 6 nitrogen and oxygen atoms in total. The van der Waals surface area contributed by atoms with Gasteiger partial charge in [-0.3, -0.25) is 9.69 Å². The average Bonchev–Trinajstić information content (AvgIpc) is 2.75. The second-order valence-corrected chi connectivity index (χ2v) is 9.08. The van der Waals surface area contributed by atoms with Gasteiger partial charge in [0.25, 0.3) is 5.91 Å². The van der Waals surface area contributed by atoms with Crippen molar-refractivity contribution in [3.63, 3.8) is 0 Å². The Morgan fingerprint density at radius 3 is 2.47 bits per heavy atom. The minimum Gasteiger partial charge on any atom is -0.322 e. The van der Waals surface area contributed by atoms with Crippen LogP contribution >= 0.6 is 11.8 Å². The first-order valence-corrected chi connectivity index (χ1v) is 11.5. The first kappa shape index (κ1) is 21.9. The maximum absolute atomic E-state index is 13.1. The summed E-state index contributed by atoms with van der Waals surface area (Å²) in [4.78, 5) is 32.2. The molecule has 164 valence electrons. The summed E-state index contributed by atoms with van der Waals surface area (Å²) >= 11 is 1.67. The van der Waals surface area contributed by atoms with E-state index in [9.17, 15) is 9.59 Å². The van der Waals surface area contributed by atoms with Crippen molar-refractivity contribution in [3.8, 4) is 0 Å². The Kier molecular flexibility index (Phi) is 6.19. The van der Waals surface area contributed by atoms with Crippen molar-refractivity contribution in [2.24, 2.45) is 0 Å². The standard InChI is InChI=1S/C25H26N4O2S/c1-15-8-9-21(13-16(15)2)27-23(30)19-6-5-7-20(14-19)28-25(31)29-10-11-32-24-22(29)17(3)12-18(4)26-24/h5-9,12-14H,10-11H2,1-4H3,(H,27,30)(H,28,31). The summed E-state index contributed by atoms with van der Waals surface area (Å²) in [5, 5.41) is 6.74. The Morgan fingerprint density at radius 2 is 1.69 bits per heavy atom. The quantitative estimate of drug-likeness (QED) is 0.540. The number of rotatable bonds is 3. The van der Waals surface area contributed by atoms with E-state index in [0.717, 1.165) is 39.0 Å². The lowest BCUT2D eigenvalue weighted by Gasteiger charge is -2.30. The monoisotopic (exact) mass is 446 g/mol. The molecule has 2 heterocycles. The number of carbonyl (C=O) groups is 2. The van der Waals surface area contributed by atoms with Gasteiger partial charge < -0.3 is 10.6 Å². The second kappa shape index (κ2) is 9.04. The van der Waals surface area contributed by atoms with Crippen molar-refractivity contribution >= 4 is 40.8 Å². The van der Waals surface area contributed by atoms with E-state index in [-0.39, 0.29) is 11.9 Å². The Hall–Kier alpha value is -3.32. The minimum absolute atomic E-state index is 0.223. The molecule has 1 aromatic heterocycles. The van der Waals surface area contributed by atoms with Crippen LogP contribution in [0.3, 0.4) is 0 Å². The first-order valence-electron chi connectivity index (χ1n) is 10.5. The van der Waals surface area contributed by atoms with Gasteiger partial charge in [-0.15, -0.1) is 11.8 Å². The highest BCUT2D eigenvalue weighted by Crippen LogP contribution is 2.36. The predicted molar refractivity (Wildman–Crippen MR) is 131 cm³/mol. The molecule has 1 aliphatic heterocycles. The van der Waals surface area contributed by atoms with E-state index >= 15 is 0 Å². The molecular weight excluding hydrogens is 420 g/mol. The normalized spacial score (nSPS) is 12.8. The highest BCUT2D eigenvalue weighted by Gasteiger charge is 2.26. The van der Waals surface area contributed by atoms with Gasteiger partial charge in [0, 0.05) is 34.9 Å². The molecule has 0 saturated heterocycles. The number of hydrogen-bond donors (Lipinski definition) is 2. The van der Waals surface area contributed by atoms with Crippen molar-refractivity contribution in [1.29, 1.82) is 0 Å². The third-order valence-corrected chi connectivity index (χ3v) is 6.43. The molecule has 2 aromatic carbocycles. The molecule has 0 radical (unpaired) electrons. The summed E-state index contributed by atoms with van der Waals surface area (Å²) in [6.45, 7) is 8.60. The van der Waals surface area contributed by atoms with Crippen LogP contribution in [0.2, 0.25) is 0 Å². The lowest BCUT2D eigenvalue weighted by molar-refractivity contribution is 0.102. The largest absolute Gasteiger partial charge is 0.326 e. The molecule has 0 aliphatic carbocycles. The van der Waals surface area contributed by atoms with E-state index in [1.54, 1.807) is 40.9 Å². The SMILES string of the molecule is Cc1cc(C)c2c(n1)SCCN2C(=O)Nc1cccc(C(=O)Nc2ccc(C)c(C)c2)c1. The number of hydrogen-bond acceptors (Lipinski definition) is 4. The van der Waals surface area contributed by atoms with Gasteiger partial charge in [-0.25, -0.2) is 9.78 Å². The van der Waals surface area contributed by atoms with Crippen LogP contribution in [0.1, 0.15) is 32.7 Å². The number of amides is 3. The van der Waals surface area contributed by atoms with Crippen molar-refractivity contribution in [3.05, 3.63) is 76.5 Å². The number of thioether (sulfide) groups is 1. The molecule has 0 bridgehead atoms. The molecule has 0 fully saturated rings. The number of nitrogens with zero attached hydrogens (tertiary/aromatic N) is 2. The van der Waals surface area contributed by atoms with Crippen LogP contribution in [0.15, 0.2) is 53.6 Å². The van der Waals surface area contributed by atoms with Gasteiger partial charge in [-0.05, 0) is 80.8 Å². The number of aryl methyl sites for hydroxylation is 4. The lowest BCUT2D eigenvalue weighted by atomic mass is 10.1. The van der Waals surface area contributed by atoms with Crippen LogP contribution in [0.5, 0.6) is 0 Å². The number of carbonyl (C=O) groups excluding carboxylic acids is 2. The predicted octanol–water partition coefficient (Wildman–Crippen LogP) is 5.71. The van der Waals surface area contributed by atoms with Gasteiger partial charge in [-0.1, -0.05) is 12.1 Å². The highest BCUT2D eigenvalue weighted by molar-refractivity contribution is 7.99. The summed E-state index contributed by atoms with van der Waals surface area (Å²) in [5.41, 5.74) is 6.90. The zero-order valence-corrected chi connectivity index (χ0v) is 19.5. The summed E-state index contributed by atoms with van der Waals surface area (Å²) in [5.74, 6) is 0.564. The van der Waals surface area contributed by atoms with E-state index < -0.39 is 0 Å². The zero-order chi connectivity index (χ0) is 22.8. The van der Waals surface area contributed by atoms with E-state index in [4.69, 9.17) is 0 Å². The first-order chi connectivity index (χ1) is 15.3. The number of urea groups is 1. The molecule has 1 aliphatic rings. The number of nitrogens with one attached hydrogen (secondary N) is 2. The van der Waals surface area contributed by atoms with Crippen LogP contribution in [-0.4, -0.2) is 29.2 Å². The van der Waals surface area contributed by atoms with E-state index in [1.165, 1.54) is 5.56 Å². The molecule has 0 unspecified atom stereocenters.